The molecular weight excluding hydrogens is 288 g/mol. The largest absolute Gasteiger partial charge is 0.489 e. The predicted octanol–water partition coefficient (Wildman–Crippen LogP) is 2.69. The van der Waals surface area contributed by atoms with Crippen LogP contribution >= 0.6 is 0 Å². The fourth-order valence-electron chi connectivity index (χ4n) is 3.01. The van der Waals surface area contributed by atoms with Crippen molar-refractivity contribution in [2.75, 3.05) is 14.2 Å². The maximum absolute atomic E-state index is 12.6. The number of hydrogen-bond acceptors (Lipinski definition) is 4. The van der Waals surface area contributed by atoms with Crippen molar-refractivity contribution in [3.63, 3.8) is 0 Å². The summed E-state index contributed by atoms with van der Waals surface area (Å²) in [6, 6.07) is 0. The second-order valence-electron chi connectivity index (χ2n) is 6.97. The second-order valence-corrected chi connectivity index (χ2v) is 17.5. The van der Waals surface area contributed by atoms with E-state index in [4.69, 9.17) is 9.47 Å². The van der Waals surface area contributed by atoms with Crippen LogP contribution in [-0.2, 0) is 19.1 Å². The van der Waals surface area contributed by atoms with Crippen LogP contribution in [0.4, 0.5) is 0 Å². The Morgan fingerprint density at radius 2 is 1.05 bits per heavy atom. The number of Topliss-reactive ketones (excluding diaryl/α,β-unsaturated/α-hetero) is 2. The quantitative estimate of drug-likeness (QED) is 0.455. The van der Waals surface area contributed by atoms with E-state index in [1.165, 1.54) is 14.2 Å². The minimum Gasteiger partial charge on any atom is -0.489 e. The van der Waals surface area contributed by atoms with E-state index in [-0.39, 0.29) is 23.1 Å². The number of carbonyl (C=O) groups excluding carboxylic acids is 2. The van der Waals surface area contributed by atoms with Crippen LogP contribution in [0, 0.1) is 0 Å². The molecule has 6 heteroatoms. The first-order chi connectivity index (χ1) is 8.96. The molecule has 0 bridgehead atoms. The number of carbonyl (C=O) groups is 2. The first-order valence-corrected chi connectivity index (χ1v) is 13.6. The molecule has 0 spiro atoms. The molecule has 0 radical (unpaired) electrons. The molecular formula is C14H24O4Si2. The Morgan fingerprint density at radius 3 is 1.25 bits per heavy atom. The van der Waals surface area contributed by atoms with Gasteiger partial charge >= 0.3 is 0 Å². The van der Waals surface area contributed by atoms with E-state index in [1.54, 1.807) is 0 Å². The molecule has 0 unspecified atom stereocenters. The highest BCUT2D eigenvalue weighted by Crippen LogP contribution is 2.35. The predicted molar refractivity (Wildman–Crippen MR) is 84.8 cm³/mol. The van der Waals surface area contributed by atoms with Gasteiger partial charge in [0.05, 0.1) is 35.9 Å². The van der Waals surface area contributed by atoms with Crippen LogP contribution in [0.25, 0.3) is 0 Å². The van der Waals surface area contributed by atoms with Gasteiger partial charge < -0.3 is 9.47 Å². The van der Waals surface area contributed by atoms with E-state index in [2.05, 4.69) is 39.3 Å². The Bertz CT molecular complexity index is 472. The summed E-state index contributed by atoms with van der Waals surface area (Å²) < 4.78 is 10.2. The van der Waals surface area contributed by atoms with Crippen LogP contribution in [0.2, 0.25) is 39.3 Å². The van der Waals surface area contributed by atoms with Crippen LogP contribution in [0.5, 0.6) is 0 Å². The number of ketones is 2. The molecule has 20 heavy (non-hydrogen) atoms. The van der Waals surface area contributed by atoms with Crippen molar-refractivity contribution in [2.24, 2.45) is 0 Å². The van der Waals surface area contributed by atoms with E-state index in [0.717, 1.165) is 4.82 Å². The lowest BCUT2D eigenvalue weighted by atomic mass is 10.2. The fraction of sp³-hybridized carbons (Fsp3) is 0.571. The molecule has 1 rings (SSSR count). The average molecular weight is 313 g/mol. The first-order valence-electron chi connectivity index (χ1n) is 6.63. The first kappa shape index (κ1) is 16.9. The molecule has 112 valence electrons. The highest BCUT2D eigenvalue weighted by atomic mass is 28.4. The normalized spacial score (nSPS) is 16.9. The summed E-state index contributed by atoms with van der Waals surface area (Å²) in [6.45, 7) is 13.0. The minimum absolute atomic E-state index is 0.0431. The Morgan fingerprint density at radius 1 is 0.750 bits per heavy atom. The molecule has 4 nitrogen and oxygen atoms in total. The third kappa shape index (κ3) is 2.81. The van der Waals surface area contributed by atoms with Crippen molar-refractivity contribution in [3.05, 3.63) is 21.9 Å². The van der Waals surface area contributed by atoms with Crippen LogP contribution in [0.3, 0.4) is 0 Å². The van der Waals surface area contributed by atoms with Gasteiger partial charge in [-0.2, -0.15) is 0 Å². The van der Waals surface area contributed by atoms with Crippen molar-refractivity contribution >= 4 is 27.7 Å². The summed E-state index contributed by atoms with van der Waals surface area (Å²) in [6.07, 6.45) is 0. The van der Waals surface area contributed by atoms with E-state index in [1.807, 2.05) is 0 Å². The molecule has 1 aliphatic carbocycles. The number of ether oxygens (including phenoxy) is 2. The maximum atomic E-state index is 12.6. The lowest BCUT2D eigenvalue weighted by Gasteiger charge is -2.32. The molecule has 0 saturated carbocycles. The Labute approximate surface area is 122 Å². The van der Waals surface area contributed by atoms with Crippen LogP contribution in [-0.4, -0.2) is 41.9 Å². The van der Waals surface area contributed by atoms with Gasteiger partial charge in [-0.05, 0) is 0 Å². The van der Waals surface area contributed by atoms with Crippen molar-refractivity contribution in [3.8, 4) is 0 Å². The van der Waals surface area contributed by atoms with E-state index in [0.29, 0.717) is 5.57 Å². The topological polar surface area (TPSA) is 52.6 Å². The van der Waals surface area contributed by atoms with Crippen molar-refractivity contribution < 1.29 is 19.1 Å². The molecule has 0 aromatic carbocycles. The lowest BCUT2D eigenvalue weighted by molar-refractivity contribution is -0.117. The zero-order valence-electron chi connectivity index (χ0n) is 13.6. The summed E-state index contributed by atoms with van der Waals surface area (Å²) in [5, 5.41) is 0. The zero-order chi connectivity index (χ0) is 15.9. The molecule has 0 atom stereocenters. The molecule has 0 aliphatic heterocycles. The van der Waals surface area contributed by atoms with Crippen molar-refractivity contribution in [1.29, 1.82) is 0 Å². The molecule has 0 saturated heterocycles. The highest BCUT2D eigenvalue weighted by molar-refractivity contribution is 7.05. The molecule has 0 aromatic heterocycles. The fourth-order valence-corrected chi connectivity index (χ4v) is 14.0. The van der Waals surface area contributed by atoms with Gasteiger partial charge in [0.25, 0.3) is 0 Å². The van der Waals surface area contributed by atoms with Crippen molar-refractivity contribution in [1.82, 2.24) is 0 Å². The van der Waals surface area contributed by atoms with Gasteiger partial charge in [0.15, 0.2) is 0 Å². The third-order valence-electron chi connectivity index (χ3n) is 3.23. The van der Waals surface area contributed by atoms with E-state index in [9.17, 15) is 9.59 Å². The minimum atomic E-state index is -1.79. The van der Waals surface area contributed by atoms with Crippen molar-refractivity contribution in [2.45, 2.75) is 39.3 Å². The van der Waals surface area contributed by atoms with Crippen LogP contribution < -0.4 is 0 Å². The summed E-state index contributed by atoms with van der Waals surface area (Å²) in [4.78, 5) is 26.2. The second kappa shape index (κ2) is 5.33. The van der Waals surface area contributed by atoms with Crippen LogP contribution in [0.1, 0.15) is 0 Å². The molecule has 0 heterocycles. The summed E-state index contributed by atoms with van der Waals surface area (Å²) in [5.41, 5.74) is 0.317. The van der Waals surface area contributed by atoms with E-state index < -0.39 is 16.1 Å². The standard InChI is InChI=1S/C14H24O4Si2/c1-17-12-10(15)9(11(16)13(12)18-2)14(19(3,4)5)20(6,7)8/h1-8H3. The highest BCUT2D eigenvalue weighted by Gasteiger charge is 2.45. The van der Waals surface area contributed by atoms with E-state index >= 15 is 0 Å². The molecule has 0 N–H and O–H groups in total. The summed E-state index contributed by atoms with van der Waals surface area (Å²) >= 11 is 0. The van der Waals surface area contributed by atoms with Gasteiger partial charge in [0.1, 0.15) is 0 Å². The SMILES string of the molecule is COC1=C(OC)C(=O)C(=C([Si](C)(C)C)[Si](C)(C)C)C1=O. The van der Waals surface area contributed by atoms with Crippen LogP contribution in [0.15, 0.2) is 21.9 Å². The van der Waals surface area contributed by atoms with Gasteiger partial charge in [-0.1, -0.05) is 44.1 Å². The summed E-state index contributed by atoms with van der Waals surface area (Å²) in [7, 11) is -0.799. The lowest BCUT2D eigenvalue weighted by Crippen LogP contribution is -2.42. The molecule has 0 amide bonds. The zero-order valence-corrected chi connectivity index (χ0v) is 15.6. The van der Waals surface area contributed by atoms with Gasteiger partial charge in [0, 0.05) is 0 Å². The number of allylic oxidation sites excluding steroid dienone is 2. The van der Waals surface area contributed by atoms with Gasteiger partial charge in [-0.15, -0.1) is 0 Å². The monoisotopic (exact) mass is 312 g/mol. The van der Waals surface area contributed by atoms with Gasteiger partial charge in [0.2, 0.25) is 23.1 Å². The van der Waals surface area contributed by atoms with Gasteiger partial charge in [-0.3, -0.25) is 9.59 Å². The Hall–Kier alpha value is -1.15. The third-order valence-corrected chi connectivity index (χ3v) is 11.2. The number of hydrogen-bond donors (Lipinski definition) is 0. The Kier molecular flexibility index (Phi) is 4.50. The summed E-state index contributed by atoms with van der Waals surface area (Å²) in [5.74, 6) is -0.536. The molecule has 0 aromatic rings. The number of methoxy groups -OCH3 is 2. The molecule has 0 fully saturated rings. The molecule has 1 aliphatic rings. The average Bonchev–Trinajstić information content (AvgIpc) is 2.48. The smallest absolute Gasteiger partial charge is 0.234 e. The van der Waals surface area contributed by atoms with Gasteiger partial charge in [-0.25, -0.2) is 0 Å². The maximum Gasteiger partial charge on any atom is 0.234 e. The Balaban J connectivity index is 3.65. The number of rotatable bonds is 4.